The van der Waals surface area contributed by atoms with Crippen molar-refractivity contribution < 1.29 is 4.79 Å². The van der Waals surface area contributed by atoms with E-state index in [4.69, 9.17) is 11.6 Å². The number of carbonyl (C=O) groups is 1. The van der Waals surface area contributed by atoms with Gasteiger partial charge in [0.05, 0.1) is 10.9 Å². The Hall–Kier alpha value is -1.29. The van der Waals surface area contributed by atoms with Crippen LogP contribution in [0.5, 0.6) is 0 Å². The summed E-state index contributed by atoms with van der Waals surface area (Å²) in [5.41, 5.74) is 0. The summed E-state index contributed by atoms with van der Waals surface area (Å²) in [5, 5.41) is 3.35. The molecule has 1 aromatic heterocycles. The van der Waals surface area contributed by atoms with Gasteiger partial charge >= 0.3 is 0 Å². The van der Waals surface area contributed by atoms with Crippen molar-refractivity contribution >= 4 is 23.3 Å². The number of nitrogens with one attached hydrogen (secondary N) is 1. The van der Waals surface area contributed by atoms with Crippen LogP contribution in [-0.2, 0) is 4.79 Å². The number of amides is 1. The molecule has 1 aliphatic rings. The maximum absolute atomic E-state index is 11.6. The first kappa shape index (κ1) is 12.2. The Balaban J connectivity index is 2.12. The zero-order valence-corrected chi connectivity index (χ0v) is 10.6. The molecule has 1 fully saturated rings. The molecule has 2 rings (SSSR count). The lowest BCUT2D eigenvalue weighted by atomic mass is 9.97. The molecule has 2 heterocycles. The fourth-order valence-corrected chi connectivity index (χ4v) is 2.44. The molecule has 5 heteroatoms. The molecule has 0 radical (unpaired) electrons. The molecule has 1 saturated heterocycles. The third kappa shape index (κ3) is 2.69. The monoisotopic (exact) mass is 253 g/mol. The fourth-order valence-electron chi connectivity index (χ4n) is 2.20. The zero-order chi connectivity index (χ0) is 12.3. The largest absolute Gasteiger partial charge is 0.359 e. The van der Waals surface area contributed by atoms with Gasteiger partial charge in [0.1, 0.15) is 5.82 Å². The predicted octanol–water partition coefficient (Wildman–Crippen LogP) is 1.70. The van der Waals surface area contributed by atoms with Gasteiger partial charge < -0.3 is 10.2 Å². The first-order chi connectivity index (χ1) is 8.22. The maximum atomic E-state index is 11.6. The second-order valence-corrected chi connectivity index (χ2v) is 4.62. The van der Waals surface area contributed by atoms with Crippen molar-refractivity contribution in [2.24, 2.45) is 5.92 Å². The van der Waals surface area contributed by atoms with Crippen molar-refractivity contribution in [3.63, 3.8) is 0 Å². The predicted molar refractivity (Wildman–Crippen MR) is 68.3 cm³/mol. The zero-order valence-electron chi connectivity index (χ0n) is 9.82. The van der Waals surface area contributed by atoms with Crippen LogP contribution in [0.4, 0.5) is 5.82 Å². The van der Waals surface area contributed by atoms with Gasteiger partial charge in [-0.05, 0) is 25.0 Å². The number of halogens is 1. The molecular formula is C12H16ClN3O. The number of rotatable bonds is 2. The summed E-state index contributed by atoms with van der Waals surface area (Å²) in [7, 11) is 1.68. The number of hydrogen-bond acceptors (Lipinski definition) is 3. The van der Waals surface area contributed by atoms with Gasteiger partial charge in [0.2, 0.25) is 5.91 Å². The number of carbonyl (C=O) groups excluding carboxylic acids is 1. The molecule has 0 saturated carbocycles. The second kappa shape index (κ2) is 5.36. The normalized spacial score (nSPS) is 20.1. The van der Waals surface area contributed by atoms with E-state index >= 15 is 0 Å². The molecule has 1 amide bonds. The second-order valence-electron chi connectivity index (χ2n) is 4.21. The van der Waals surface area contributed by atoms with Crippen molar-refractivity contribution in [1.29, 1.82) is 0 Å². The lowest BCUT2D eigenvalue weighted by Gasteiger charge is -2.33. The highest BCUT2D eigenvalue weighted by atomic mass is 35.5. The van der Waals surface area contributed by atoms with Gasteiger partial charge in [0.25, 0.3) is 0 Å². The minimum atomic E-state index is 0.0341. The Morgan fingerprint density at radius 1 is 1.65 bits per heavy atom. The van der Waals surface area contributed by atoms with E-state index in [1.807, 2.05) is 12.1 Å². The van der Waals surface area contributed by atoms with Crippen molar-refractivity contribution in [2.75, 3.05) is 25.0 Å². The van der Waals surface area contributed by atoms with Crippen LogP contribution in [0.15, 0.2) is 18.3 Å². The van der Waals surface area contributed by atoms with Crippen LogP contribution >= 0.6 is 11.6 Å². The summed E-state index contributed by atoms with van der Waals surface area (Å²) in [5.74, 6) is 0.913. The van der Waals surface area contributed by atoms with Gasteiger partial charge in [-0.3, -0.25) is 4.79 Å². The van der Waals surface area contributed by atoms with Crippen molar-refractivity contribution in [2.45, 2.75) is 12.8 Å². The Labute approximate surface area is 106 Å². The highest BCUT2D eigenvalue weighted by Crippen LogP contribution is 2.27. The average molecular weight is 254 g/mol. The summed E-state index contributed by atoms with van der Waals surface area (Å²) in [4.78, 5) is 18.0. The van der Waals surface area contributed by atoms with Gasteiger partial charge in [-0.1, -0.05) is 11.6 Å². The van der Waals surface area contributed by atoms with E-state index in [1.165, 1.54) is 0 Å². The SMILES string of the molecule is CNC(=O)C1CCCN(c2ncccc2Cl)C1. The molecule has 1 aromatic rings. The topological polar surface area (TPSA) is 45.2 Å². The molecule has 1 N–H and O–H groups in total. The van der Waals surface area contributed by atoms with E-state index in [1.54, 1.807) is 13.2 Å². The van der Waals surface area contributed by atoms with Crippen LogP contribution < -0.4 is 10.2 Å². The van der Waals surface area contributed by atoms with Crippen molar-refractivity contribution in [3.05, 3.63) is 23.4 Å². The summed E-state index contributed by atoms with van der Waals surface area (Å²) in [6.45, 7) is 1.60. The first-order valence-electron chi connectivity index (χ1n) is 5.79. The molecular weight excluding hydrogens is 238 g/mol. The molecule has 4 nitrogen and oxygen atoms in total. The fraction of sp³-hybridized carbons (Fsp3) is 0.500. The highest BCUT2D eigenvalue weighted by Gasteiger charge is 2.26. The van der Waals surface area contributed by atoms with Gasteiger partial charge in [-0.15, -0.1) is 0 Å². The molecule has 1 unspecified atom stereocenters. The Morgan fingerprint density at radius 2 is 2.47 bits per heavy atom. The quantitative estimate of drug-likeness (QED) is 0.873. The number of anilines is 1. The van der Waals surface area contributed by atoms with Gasteiger partial charge in [0, 0.05) is 26.3 Å². The average Bonchev–Trinajstić information content (AvgIpc) is 2.38. The maximum Gasteiger partial charge on any atom is 0.224 e. The standard InChI is InChI=1S/C12H16ClN3O/c1-14-12(17)9-4-3-7-16(8-9)11-10(13)5-2-6-15-11/h2,5-6,9H,3-4,7-8H2,1H3,(H,14,17). The minimum Gasteiger partial charge on any atom is -0.359 e. The van der Waals surface area contributed by atoms with E-state index in [0.29, 0.717) is 11.6 Å². The molecule has 1 aliphatic heterocycles. The van der Waals surface area contributed by atoms with Gasteiger partial charge in [0.15, 0.2) is 0 Å². The van der Waals surface area contributed by atoms with Crippen LogP contribution in [0.25, 0.3) is 0 Å². The van der Waals surface area contributed by atoms with E-state index in [-0.39, 0.29) is 11.8 Å². The summed E-state index contributed by atoms with van der Waals surface area (Å²) in [6.07, 6.45) is 3.65. The van der Waals surface area contributed by atoms with E-state index in [9.17, 15) is 4.79 Å². The van der Waals surface area contributed by atoms with E-state index < -0.39 is 0 Å². The Morgan fingerprint density at radius 3 is 3.18 bits per heavy atom. The third-order valence-electron chi connectivity index (χ3n) is 3.08. The molecule has 0 spiro atoms. The van der Waals surface area contributed by atoms with Crippen LogP contribution in [0.1, 0.15) is 12.8 Å². The van der Waals surface area contributed by atoms with Crippen LogP contribution in [0.2, 0.25) is 5.02 Å². The summed E-state index contributed by atoms with van der Waals surface area (Å²) >= 11 is 6.11. The van der Waals surface area contributed by atoms with Gasteiger partial charge in [-0.2, -0.15) is 0 Å². The number of pyridine rings is 1. The van der Waals surface area contributed by atoms with Crippen LogP contribution in [-0.4, -0.2) is 31.0 Å². The number of nitrogens with zero attached hydrogens (tertiary/aromatic N) is 2. The van der Waals surface area contributed by atoms with Crippen molar-refractivity contribution in [1.82, 2.24) is 10.3 Å². The highest BCUT2D eigenvalue weighted by molar-refractivity contribution is 6.32. The Bertz CT molecular complexity index is 410. The molecule has 0 aliphatic carbocycles. The van der Waals surface area contributed by atoms with Crippen molar-refractivity contribution in [3.8, 4) is 0 Å². The number of hydrogen-bond donors (Lipinski definition) is 1. The number of aromatic nitrogens is 1. The third-order valence-corrected chi connectivity index (χ3v) is 3.37. The lowest BCUT2D eigenvalue weighted by molar-refractivity contribution is -0.124. The van der Waals surface area contributed by atoms with E-state index in [2.05, 4.69) is 15.2 Å². The minimum absolute atomic E-state index is 0.0341. The van der Waals surface area contributed by atoms with Crippen LogP contribution in [0.3, 0.4) is 0 Å². The van der Waals surface area contributed by atoms with Crippen LogP contribution in [0, 0.1) is 5.92 Å². The number of piperidine rings is 1. The molecule has 17 heavy (non-hydrogen) atoms. The summed E-state index contributed by atoms with van der Waals surface area (Å²) < 4.78 is 0. The molecule has 0 bridgehead atoms. The Kier molecular flexibility index (Phi) is 3.84. The smallest absolute Gasteiger partial charge is 0.224 e. The first-order valence-corrected chi connectivity index (χ1v) is 6.17. The molecule has 92 valence electrons. The molecule has 1 atom stereocenters. The molecule has 0 aromatic carbocycles. The summed E-state index contributed by atoms with van der Waals surface area (Å²) in [6, 6.07) is 3.64. The van der Waals surface area contributed by atoms with E-state index in [0.717, 1.165) is 25.2 Å². The van der Waals surface area contributed by atoms with Gasteiger partial charge in [-0.25, -0.2) is 4.98 Å². The lowest BCUT2D eigenvalue weighted by Crippen LogP contribution is -2.42.